The highest BCUT2D eigenvalue weighted by Crippen LogP contribution is 2.33. The number of benzene rings is 1. The minimum atomic E-state index is -1.05. The Bertz CT molecular complexity index is 862. The van der Waals surface area contributed by atoms with Crippen molar-refractivity contribution in [1.82, 2.24) is 14.5 Å². The predicted molar refractivity (Wildman–Crippen MR) is 74.7 cm³/mol. The summed E-state index contributed by atoms with van der Waals surface area (Å²) in [7, 11) is 0. The van der Waals surface area contributed by atoms with E-state index in [2.05, 4.69) is 25.9 Å². The molecule has 20 heavy (non-hydrogen) atoms. The molecule has 102 valence electrons. The van der Waals surface area contributed by atoms with E-state index in [4.69, 9.17) is 10.8 Å². The van der Waals surface area contributed by atoms with E-state index < -0.39 is 11.8 Å². The van der Waals surface area contributed by atoms with Gasteiger partial charge in [-0.25, -0.2) is 14.4 Å². The molecule has 8 heteroatoms. The summed E-state index contributed by atoms with van der Waals surface area (Å²) in [6, 6.07) is 2.80. The summed E-state index contributed by atoms with van der Waals surface area (Å²) in [4.78, 5) is 19.0. The van der Waals surface area contributed by atoms with Crippen LogP contribution in [0.15, 0.2) is 22.9 Å². The summed E-state index contributed by atoms with van der Waals surface area (Å²) in [5, 5.41) is 10.1. The van der Waals surface area contributed by atoms with Crippen LogP contribution in [0.1, 0.15) is 0 Å². The van der Waals surface area contributed by atoms with Crippen LogP contribution in [0.5, 0.6) is 0 Å². The van der Waals surface area contributed by atoms with Gasteiger partial charge in [-0.15, -0.1) is 0 Å². The van der Waals surface area contributed by atoms with E-state index in [-0.39, 0.29) is 16.8 Å². The average molecular weight is 339 g/mol. The second kappa shape index (κ2) is 4.41. The first-order valence-corrected chi connectivity index (χ1v) is 6.37. The summed E-state index contributed by atoms with van der Waals surface area (Å²) in [6.45, 7) is -0.336. The molecule has 0 saturated heterocycles. The molecule has 0 spiro atoms. The minimum absolute atomic E-state index is 0.225. The molecular weight excluding hydrogens is 331 g/mol. The molecule has 3 aromatic rings. The quantitative estimate of drug-likeness (QED) is 0.746. The van der Waals surface area contributed by atoms with Crippen LogP contribution in [0.2, 0.25) is 0 Å². The first kappa shape index (κ1) is 12.8. The lowest BCUT2D eigenvalue weighted by Gasteiger charge is -2.03. The molecule has 0 atom stereocenters. The lowest BCUT2D eigenvalue weighted by atomic mass is 10.2. The van der Waals surface area contributed by atoms with Crippen LogP contribution in [-0.4, -0.2) is 25.6 Å². The molecule has 3 rings (SSSR count). The molecule has 1 aromatic carbocycles. The zero-order valence-corrected chi connectivity index (χ0v) is 11.6. The molecule has 0 amide bonds. The Hall–Kier alpha value is -2.22. The van der Waals surface area contributed by atoms with Crippen LogP contribution in [-0.2, 0) is 11.3 Å². The Morgan fingerprint density at radius 1 is 1.45 bits per heavy atom. The van der Waals surface area contributed by atoms with Crippen LogP contribution in [0.3, 0.4) is 0 Å². The third-order valence-electron chi connectivity index (χ3n) is 3.00. The van der Waals surface area contributed by atoms with Gasteiger partial charge in [-0.2, -0.15) is 0 Å². The van der Waals surface area contributed by atoms with Crippen molar-refractivity contribution in [2.45, 2.75) is 6.54 Å². The highest BCUT2D eigenvalue weighted by molar-refractivity contribution is 9.10. The molecular formula is C12H8BrFN4O2. The fourth-order valence-electron chi connectivity index (χ4n) is 2.22. The van der Waals surface area contributed by atoms with Crippen LogP contribution < -0.4 is 5.73 Å². The number of nitrogens with zero attached hydrogens (tertiary/aromatic N) is 3. The van der Waals surface area contributed by atoms with Crippen molar-refractivity contribution >= 4 is 49.7 Å². The van der Waals surface area contributed by atoms with Gasteiger partial charge < -0.3 is 15.4 Å². The number of nitrogen functional groups attached to an aromatic ring is 1. The van der Waals surface area contributed by atoms with Crippen LogP contribution in [0, 0.1) is 5.82 Å². The summed E-state index contributed by atoms with van der Waals surface area (Å²) < 4.78 is 15.4. The second-order valence-electron chi connectivity index (χ2n) is 4.22. The monoisotopic (exact) mass is 338 g/mol. The molecule has 0 aliphatic rings. The Morgan fingerprint density at radius 2 is 2.20 bits per heavy atom. The molecule has 0 bridgehead atoms. The van der Waals surface area contributed by atoms with Gasteiger partial charge in [0.15, 0.2) is 0 Å². The smallest absolute Gasteiger partial charge is 0.323 e. The Morgan fingerprint density at radius 3 is 2.90 bits per heavy atom. The number of halogens is 2. The van der Waals surface area contributed by atoms with Gasteiger partial charge in [-0.3, -0.25) is 4.79 Å². The molecule has 0 fully saturated rings. The summed E-state index contributed by atoms with van der Waals surface area (Å²) in [5.41, 5.74) is 6.61. The number of fused-ring (bicyclic) bond motifs is 3. The van der Waals surface area contributed by atoms with E-state index in [9.17, 15) is 9.18 Å². The third-order valence-corrected chi connectivity index (χ3v) is 3.61. The summed E-state index contributed by atoms with van der Waals surface area (Å²) >= 11 is 3.10. The number of hydrogen-bond donors (Lipinski definition) is 2. The lowest BCUT2D eigenvalue weighted by Crippen LogP contribution is -2.09. The highest BCUT2D eigenvalue weighted by atomic mass is 79.9. The van der Waals surface area contributed by atoms with Gasteiger partial charge in [-0.1, -0.05) is 0 Å². The number of carbonyl (C=O) groups is 1. The molecule has 0 saturated carbocycles. The van der Waals surface area contributed by atoms with Crippen molar-refractivity contribution in [3.63, 3.8) is 0 Å². The number of rotatable bonds is 2. The van der Waals surface area contributed by atoms with Crippen LogP contribution in [0.25, 0.3) is 21.9 Å². The molecule has 0 aliphatic heterocycles. The van der Waals surface area contributed by atoms with Crippen LogP contribution in [0.4, 0.5) is 10.2 Å². The standard InChI is InChI=1S/C12H8BrFN4O2/c13-6-1-5-8(2-7(6)14)18(3-9(19)20)12-10(5)11(15)16-4-17-12/h1-2,4H,3H2,(H,19,20)(H2,15,16,17). The van der Waals surface area contributed by atoms with Gasteiger partial charge in [0, 0.05) is 5.39 Å². The molecule has 3 N–H and O–H groups in total. The third kappa shape index (κ3) is 1.80. The molecule has 0 unspecified atom stereocenters. The normalized spacial score (nSPS) is 11.3. The van der Waals surface area contributed by atoms with Crippen molar-refractivity contribution < 1.29 is 14.3 Å². The number of aromatic nitrogens is 3. The number of nitrogens with two attached hydrogens (primary N) is 1. The maximum absolute atomic E-state index is 13.7. The Labute approximate surface area is 120 Å². The Kier molecular flexibility index (Phi) is 2.82. The highest BCUT2D eigenvalue weighted by Gasteiger charge is 2.18. The van der Waals surface area contributed by atoms with E-state index in [1.54, 1.807) is 6.07 Å². The van der Waals surface area contributed by atoms with E-state index in [0.717, 1.165) is 0 Å². The largest absolute Gasteiger partial charge is 0.480 e. The van der Waals surface area contributed by atoms with Crippen molar-refractivity contribution in [2.24, 2.45) is 0 Å². The first-order chi connectivity index (χ1) is 9.49. The zero-order chi connectivity index (χ0) is 14.4. The van der Waals surface area contributed by atoms with Gasteiger partial charge in [0.2, 0.25) is 0 Å². The lowest BCUT2D eigenvalue weighted by molar-refractivity contribution is -0.137. The van der Waals surface area contributed by atoms with Crippen molar-refractivity contribution in [1.29, 1.82) is 0 Å². The van der Waals surface area contributed by atoms with E-state index in [1.807, 2.05) is 0 Å². The molecule has 2 aromatic heterocycles. The number of anilines is 1. The number of carboxylic acid groups (broad SMARTS) is 1. The van der Waals surface area contributed by atoms with Gasteiger partial charge in [-0.05, 0) is 28.1 Å². The number of hydrogen-bond acceptors (Lipinski definition) is 4. The topological polar surface area (TPSA) is 94.0 Å². The van der Waals surface area contributed by atoms with Gasteiger partial charge in [0.25, 0.3) is 0 Å². The van der Waals surface area contributed by atoms with E-state index >= 15 is 0 Å². The maximum atomic E-state index is 13.7. The molecule has 0 radical (unpaired) electrons. The summed E-state index contributed by atoms with van der Waals surface area (Å²) in [6.07, 6.45) is 1.25. The van der Waals surface area contributed by atoms with Gasteiger partial charge >= 0.3 is 5.97 Å². The molecule has 2 heterocycles. The summed E-state index contributed by atoms with van der Waals surface area (Å²) in [5.74, 6) is -1.31. The zero-order valence-electron chi connectivity index (χ0n) is 9.97. The van der Waals surface area contributed by atoms with Crippen molar-refractivity contribution in [3.05, 3.63) is 28.7 Å². The number of carboxylic acids is 1. The predicted octanol–water partition coefficient (Wildman–Crippen LogP) is 2.15. The van der Waals surface area contributed by atoms with E-state index in [1.165, 1.54) is 17.0 Å². The minimum Gasteiger partial charge on any atom is -0.480 e. The van der Waals surface area contributed by atoms with Gasteiger partial charge in [0.1, 0.15) is 30.2 Å². The van der Waals surface area contributed by atoms with Gasteiger partial charge in [0.05, 0.1) is 15.4 Å². The Balaban J connectivity index is 2.52. The number of aliphatic carboxylic acids is 1. The molecule has 6 nitrogen and oxygen atoms in total. The average Bonchev–Trinajstić information content (AvgIpc) is 2.66. The van der Waals surface area contributed by atoms with Crippen molar-refractivity contribution in [2.75, 3.05) is 5.73 Å². The van der Waals surface area contributed by atoms with Crippen LogP contribution >= 0.6 is 15.9 Å². The second-order valence-corrected chi connectivity index (χ2v) is 5.08. The fourth-order valence-corrected chi connectivity index (χ4v) is 2.57. The van der Waals surface area contributed by atoms with E-state index in [0.29, 0.717) is 21.9 Å². The van der Waals surface area contributed by atoms with Crippen molar-refractivity contribution in [3.8, 4) is 0 Å². The maximum Gasteiger partial charge on any atom is 0.323 e. The SMILES string of the molecule is Nc1ncnc2c1c1cc(Br)c(F)cc1n2CC(=O)O. The molecule has 0 aliphatic carbocycles. The first-order valence-electron chi connectivity index (χ1n) is 5.58. The fraction of sp³-hybridized carbons (Fsp3) is 0.0833.